The van der Waals surface area contributed by atoms with Crippen LogP contribution < -0.4 is 0 Å². The molecule has 1 aliphatic rings. The van der Waals surface area contributed by atoms with E-state index in [-0.39, 0.29) is 23.5 Å². The minimum absolute atomic E-state index is 0.123. The van der Waals surface area contributed by atoms with E-state index in [1.807, 2.05) is 18.2 Å². The quantitative estimate of drug-likeness (QED) is 0.367. The number of hydrogen-bond acceptors (Lipinski definition) is 3. The van der Waals surface area contributed by atoms with E-state index in [4.69, 9.17) is 0 Å². The van der Waals surface area contributed by atoms with Gasteiger partial charge in [-0.1, -0.05) is 63.5 Å². The number of ketones is 1. The average molecular weight is 390 g/mol. The minimum Gasteiger partial charge on any atom is -0.389 e. The summed E-state index contributed by atoms with van der Waals surface area (Å²) in [6, 6.07) is 0. The van der Waals surface area contributed by atoms with Gasteiger partial charge in [-0.15, -0.1) is 0 Å². The Balaban J connectivity index is 2.39. The van der Waals surface area contributed by atoms with Crippen LogP contribution in [0.15, 0.2) is 36.5 Å². The van der Waals surface area contributed by atoms with Crippen LogP contribution in [-0.4, -0.2) is 41.9 Å². The molecule has 4 nitrogen and oxygen atoms in total. The van der Waals surface area contributed by atoms with Crippen molar-refractivity contribution in [3.8, 4) is 0 Å². The fourth-order valence-corrected chi connectivity index (χ4v) is 3.50. The van der Waals surface area contributed by atoms with Gasteiger partial charge < -0.3 is 10.0 Å². The third kappa shape index (κ3) is 9.50. The fourth-order valence-electron chi connectivity index (χ4n) is 3.50. The summed E-state index contributed by atoms with van der Waals surface area (Å²) < 4.78 is 0. The van der Waals surface area contributed by atoms with Crippen LogP contribution in [0, 0.1) is 17.8 Å². The Labute approximate surface area is 171 Å². The summed E-state index contributed by atoms with van der Waals surface area (Å²) in [5, 5.41) is 10.2. The maximum atomic E-state index is 12.1. The van der Waals surface area contributed by atoms with Gasteiger partial charge in [0.1, 0.15) is 0 Å². The van der Waals surface area contributed by atoms with Crippen molar-refractivity contribution in [2.75, 3.05) is 14.1 Å². The van der Waals surface area contributed by atoms with E-state index in [1.165, 1.54) is 12.8 Å². The number of aliphatic hydroxyl groups is 1. The molecule has 0 saturated carbocycles. The number of rotatable bonds is 13. The zero-order chi connectivity index (χ0) is 20.9. The van der Waals surface area contributed by atoms with Crippen molar-refractivity contribution in [2.24, 2.45) is 17.8 Å². The zero-order valence-corrected chi connectivity index (χ0v) is 18.1. The molecule has 0 unspecified atom stereocenters. The van der Waals surface area contributed by atoms with E-state index < -0.39 is 6.10 Å². The molecule has 0 fully saturated rings. The summed E-state index contributed by atoms with van der Waals surface area (Å²) in [6.45, 7) is 4.36. The molecule has 0 heterocycles. The molecule has 1 amide bonds. The lowest BCUT2D eigenvalue weighted by Crippen LogP contribution is -2.20. The molecule has 0 saturated heterocycles. The van der Waals surface area contributed by atoms with Crippen molar-refractivity contribution >= 4 is 11.7 Å². The number of nitrogens with zero attached hydrogens (tertiary/aromatic N) is 1. The number of carbonyl (C=O) groups is 2. The van der Waals surface area contributed by atoms with Crippen LogP contribution in [0.3, 0.4) is 0 Å². The highest BCUT2D eigenvalue weighted by molar-refractivity contribution is 5.95. The van der Waals surface area contributed by atoms with Gasteiger partial charge in [0, 0.05) is 26.4 Å². The molecule has 0 aliphatic heterocycles. The summed E-state index contributed by atoms with van der Waals surface area (Å²) in [6.07, 6.45) is 18.4. The van der Waals surface area contributed by atoms with Crippen LogP contribution in [0.2, 0.25) is 0 Å². The van der Waals surface area contributed by atoms with Crippen molar-refractivity contribution in [3.05, 3.63) is 36.5 Å². The van der Waals surface area contributed by atoms with Crippen molar-refractivity contribution in [2.45, 2.75) is 71.3 Å². The Hall–Kier alpha value is -1.68. The van der Waals surface area contributed by atoms with E-state index in [0.29, 0.717) is 12.3 Å². The largest absolute Gasteiger partial charge is 0.389 e. The Morgan fingerprint density at radius 2 is 2.04 bits per heavy atom. The third-order valence-electron chi connectivity index (χ3n) is 5.37. The van der Waals surface area contributed by atoms with Crippen LogP contribution >= 0.6 is 0 Å². The lowest BCUT2D eigenvalue weighted by molar-refractivity contribution is -0.128. The van der Waals surface area contributed by atoms with Crippen molar-refractivity contribution in [1.82, 2.24) is 4.90 Å². The SMILES string of the molecule is CCCC[C@H](C)C[C@H](O)/C=C/[C@H]1C(=O)C=C[C@@H]1C/C=C\CCCC(=O)N(C)C. The summed E-state index contributed by atoms with van der Waals surface area (Å²) >= 11 is 0. The van der Waals surface area contributed by atoms with Crippen LogP contribution in [-0.2, 0) is 9.59 Å². The molecule has 1 aliphatic carbocycles. The molecule has 4 atom stereocenters. The second-order valence-corrected chi connectivity index (χ2v) is 8.27. The van der Waals surface area contributed by atoms with Crippen LogP contribution in [0.4, 0.5) is 0 Å². The van der Waals surface area contributed by atoms with Crippen LogP contribution in [0.25, 0.3) is 0 Å². The molecule has 0 aromatic rings. The molecule has 1 N–H and O–H groups in total. The van der Waals surface area contributed by atoms with Crippen molar-refractivity contribution in [1.29, 1.82) is 0 Å². The first-order chi connectivity index (χ1) is 13.3. The van der Waals surface area contributed by atoms with Gasteiger partial charge in [0.05, 0.1) is 6.10 Å². The Kier molecular flexibility index (Phi) is 11.7. The topological polar surface area (TPSA) is 57.6 Å². The molecule has 1 rings (SSSR count). The predicted octanol–water partition coefficient (Wildman–Crippen LogP) is 4.70. The average Bonchev–Trinajstić information content (AvgIpc) is 3.00. The lowest BCUT2D eigenvalue weighted by atomic mass is 9.90. The molecule has 158 valence electrons. The number of amides is 1. The number of allylic oxidation sites excluding steroid dienone is 5. The van der Waals surface area contributed by atoms with E-state index in [9.17, 15) is 14.7 Å². The predicted molar refractivity (Wildman–Crippen MR) is 116 cm³/mol. The summed E-state index contributed by atoms with van der Waals surface area (Å²) in [4.78, 5) is 25.3. The Morgan fingerprint density at radius 3 is 2.71 bits per heavy atom. The molecule has 0 aromatic carbocycles. The monoisotopic (exact) mass is 389 g/mol. The number of unbranched alkanes of at least 4 members (excludes halogenated alkanes) is 2. The Morgan fingerprint density at radius 1 is 1.29 bits per heavy atom. The summed E-state index contributed by atoms with van der Waals surface area (Å²) in [5.74, 6) is 0.770. The fraction of sp³-hybridized carbons (Fsp3) is 0.667. The molecule has 0 radical (unpaired) electrons. The molecule has 0 aromatic heterocycles. The molecule has 4 heteroatoms. The van der Waals surface area contributed by atoms with Gasteiger partial charge in [0.25, 0.3) is 0 Å². The smallest absolute Gasteiger partial charge is 0.222 e. The molecule has 0 bridgehead atoms. The van der Waals surface area contributed by atoms with Crippen molar-refractivity contribution in [3.63, 3.8) is 0 Å². The van der Waals surface area contributed by atoms with Crippen LogP contribution in [0.1, 0.15) is 65.2 Å². The van der Waals surface area contributed by atoms with Crippen LogP contribution in [0.5, 0.6) is 0 Å². The number of aliphatic hydroxyl groups excluding tert-OH is 1. The lowest BCUT2D eigenvalue weighted by Gasteiger charge is -2.16. The normalized spacial score (nSPS) is 21.7. The Bertz CT molecular complexity index is 562. The molecular weight excluding hydrogens is 350 g/mol. The number of carbonyl (C=O) groups excluding carboxylic acids is 2. The summed E-state index contributed by atoms with van der Waals surface area (Å²) in [7, 11) is 3.55. The van der Waals surface area contributed by atoms with Crippen molar-refractivity contribution < 1.29 is 14.7 Å². The summed E-state index contributed by atoms with van der Waals surface area (Å²) in [5.41, 5.74) is 0. The van der Waals surface area contributed by atoms with Gasteiger partial charge >= 0.3 is 0 Å². The van der Waals surface area contributed by atoms with E-state index >= 15 is 0 Å². The first-order valence-electron chi connectivity index (χ1n) is 10.8. The zero-order valence-electron chi connectivity index (χ0n) is 18.1. The highest BCUT2D eigenvalue weighted by atomic mass is 16.3. The standard InChI is InChI=1S/C24H39NO3/c1-5-6-11-19(2)18-21(26)15-16-22-20(14-17-23(22)27)12-9-7-8-10-13-24(28)25(3)4/h7,9,14-17,19-22,26H,5-6,8,10-13,18H2,1-4H3/b9-7-,16-15+/t19-,20-,21+,22+/m0/s1. The second-order valence-electron chi connectivity index (χ2n) is 8.27. The molecule has 28 heavy (non-hydrogen) atoms. The van der Waals surface area contributed by atoms with Gasteiger partial charge in [-0.25, -0.2) is 0 Å². The highest BCUT2D eigenvalue weighted by Crippen LogP contribution is 2.27. The first kappa shape index (κ1) is 24.4. The maximum Gasteiger partial charge on any atom is 0.222 e. The maximum absolute atomic E-state index is 12.1. The van der Waals surface area contributed by atoms with E-state index in [1.54, 1.807) is 25.1 Å². The molecule has 0 spiro atoms. The van der Waals surface area contributed by atoms with E-state index in [0.717, 1.165) is 32.1 Å². The van der Waals surface area contributed by atoms with Gasteiger partial charge in [-0.2, -0.15) is 0 Å². The minimum atomic E-state index is -0.481. The van der Waals surface area contributed by atoms with Gasteiger partial charge in [0.2, 0.25) is 5.91 Å². The number of hydrogen-bond donors (Lipinski definition) is 1. The van der Waals surface area contributed by atoms with E-state index in [2.05, 4.69) is 26.0 Å². The van der Waals surface area contributed by atoms with Gasteiger partial charge in [-0.05, 0) is 43.6 Å². The second kappa shape index (κ2) is 13.5. The highest BCUT2D eigenvalue weighted by Gasteiger charge is 2.27. The van der Waals surface area contributed by atoms with Gasteiger partial charge in [-0.3, -0.25) is 9.59 Å². The molecular formula is C24H39NO3. The van der Waals surface area contributed by atoms with Gasteiger partial charge in [0.15, 0.2) is 5.78 Å². The first-order valence-corrected chi connectivity index (χ1v) is 10.8. The third-order valence-corrected chi connectivity index (χ3v) is 5.37.